The van der Waals surface area contributed by atoms with Crippen LogP contribution in [0.3, 0.4) is 0 Å². The number of carbonyl (C=O) groups is 1. The minimum absolute atomic E-state index is 0.193. The summed E-state index contributed by atoms with van der Waals surface area (Å²) in [6.45, 7) is 0. The number of ketones is 1. The molecule has 0 unspecified atom stereocenters. The quantitative estimate of drug-likeness (QED) is 0.798. The van der Waals surface area contributed by atoms with Gasteiger partial charge in [0.05, 0.1) is 5.75 Å². The van der Waals surface area contributed by atoms with Crippen molar-refractivity contribution in [1.82, 2.24) is 0 Å². The zero-order chi connectivity index (χ0) is 9.68. The van der Waals surface area contributed by atoms with Gasteiger partial charge in [0.25, 0.3) is 0 Å². The summed E-state index contributed by atoms with van der Waals surface area (Å²) in [5.41, 5.74) is 0.874. The van der Waals surface area contributed by atoms with Crippen LogP contribution in [-0.4, -0.2) is 22.9 Å². The van der Waals surface area contributed by atoms with Crippen LogP contribution in [0.25, 0.3) is 0 Å². The van der Waals surface area contributed by atoms with E-state index < -0.39 is 0 Å². The van der Waals surface area contributed by atoms with E-state index >= 15 is 0 Å². The van der Waals surface area contributed by atoms with Gasteiger partial charge < -0.3 is 5.11 Å². The van der Waals surface area contributed by atoms with Gasteiger partial charge in [-0.05, 0) is 24.0 Å². The highest BCUT2D eigenvalue weighted by molar-refractivity contribution is 7.99. The number of benzene rings is 1. The zero-order valence-corrected chi connectivity index (χ0v) is 8.30. The van der Waals surface area contributed by atoms with Crippen molar-refractivity contribution in [3.05, 3.63) is 29.8 Å². The Kier molecular flexibility index (Phi) is 3.83. The summed E-state index contributed by atoms with van der Waals surface area (Å²) in [7, 11) is 0. The van der Waals surface area contributed by atoms with Gasteiger partial charge >= 0.3 is 0 Å². The molecular weight excluding hydrogens is 184 g/mol. The van der Waals surface area contributed by atoms with Crippen LogP contribution < -0.4 is 0 Å². The summed E-state index contributed by atoms with van der Waals surface area (Å²) < 4.78 is 0. The van der Waals surface area contributed by atoms with Crippen LogP contribution in [0.4, 0.5) is 0 Å². The topological polar surface area (TPSA) is 37.3 Å². The minimum atomic E-state index is 0.193. The molecule has 0 aliphatic rings. The first-order chi connectivity index (χ1) is 6.22. The Morgan fingerprint density at radius 2 is 2.31 bits per heavy atom. The van der Waals surface area contributed by atoms with Gasteiger partial charge in [-0.25, -0.2) is 0 Å². The Hall–Kier alpha value is -0.960. The lowest BCUT2D eigenvalue weighted by Gasteiger charge is -1.99. The maximum Gasteiger partial charge on any atom is 0.147 e. The SMILES string of the molecule is CSCC(=O)Cc1cccc(O)c1. The van der Waals surface area contributed by atoms with Gasteiger partial charge in [0, 0.05) is 6.42 Å². The van der Waals surface area contributed by atoms with E-state index in [4.69, 9.17) is 5.11 Å². The molecule has 1 aromatic carbocycles. The molecule has 0 aliphatic carbocycles. The fourth-order valence-electron chi connectivity index (χ4n) is 1.11. The third kappa shape index (κ3) is 3.51. The molecule has 0 amide bonds. The van der Waals surface area contributed by atoms with Crippen LogP contribution >= 0.6 is 11.8 Å². The number of hydrogen-bond acceptors (Lipinski definition) is 3. The largest absolute Gasteiger partial charge is 0.508 e. The molecule has 0 saturated carbocycles. The molecule has 1 N–H and O–H groups in total. The Balaban J connectivity index is 2.58. The lowest BCUT2D eigenvalue weighted by Crippen LogP contribution is -2.04. The Morgan fingerprint density at radius 3 is 2.92 bits per heavy atom. The fraction of sp³-hybridized carbons (Fsp3) is 0.300. The molecule has 2 nitrogen and oxygen atoms in total. The smallest absolute Gasteiger partial charge is 0.147 e. The van der Waals surface area contributed by atoms with E-state index in [1.807, 2.05) is 12.3 Å². The third-order valence-electron chi connectivity index (χ3n) is 1.62. The molecule has 0 fully saturated rings. The van der Waals surface area contributed by atoms with Gasteiger partial charge in [-0.15, -0.1) is 0 Å². The van der Waals surface area contributed by atoms with Crippen molar-refractivity contribution in [2.45, 2.75) is 6.42 Å². The average molecular weight is 196 g/mol. The van der Waals surface area contributed by atoms with Crippen molar-refractivity contribution in [3.63, 3.8) is 0 Å². The van der Waals surface area contributed by atoms with Crippen LogP contribution in [0.5, 0.6) is 5.75 Å². The van der Waals surface area contributed by atoms with E-state index in [2.05, 4.69) is 0 Å². The number of Topliss-reactive ketones (excluding diaryl/α,β-unsaturated/α-hetero) is 1. The van der Waals surface area contributed by atoms with Crippen LogP contribution in [0, 0.1) is 0 Å². The van der Waals surface area contributed by atoms with E-state index in [0.717, 1.165) is 5.56 Å². The average Bonchev–Trinajstić information content (AvgIpc) is 2.04. The van der Waals surface area contributed by atoms with Gasteiger partial charge in [0.2, 0.25) is 0 Å². The molecule has 0 bridgehead atoms. The maximum atomic E-state index is 11.2. The highest BCUT2D eigenvalue weighted by atomic mass is 32.2. The van der Waals surface area contributed by atoms with Crippen LogP contribution in [0.1, 0.15) is 5.56 Å². The molecule has 0 saturated heterocycles. The molecule has 0 radical (unpaired) electrons. The summed E-state index contributed by atoms with van der Waals surface area (Å²) in [6, 6.07) is 6.82. The van der Waals surface area contributed by atoms with Gasteiger partial charge in [0.1, 0.15) is 11.5 Å². The second-order valence-electron chi connectivity index (χ2n) is 2.82. The molecule has 70 valence electrons. The molecule has 0 atom stereocenters. The third-order valence-corrected chi connectivity index (χ3v) is 2.23. The van der Waals surface area contributed by atoms with E-state index in [0.29, 0.717) is 12.2 Å². The number of aromatic hydroxyl groups is 1. The number of phenols is 1. The number of thioether (sulfide) groups is 1. The summed E-state index contributed by atoms with van der Waals surface area (Å²) in [4.78, 5) is 11.2. The zero-order valence-electron chi connectivity index (χ0n) is 7.49. The molecule has 0 aliphatic heterocycles. The fourth-order valence-corrected chi connectivity index (χ4v) is 1.53. The summed E-state index contributed by atoms with van der Waals surface area (Å²) in [6.07, 6.45) is 2.32. The first kappa shape index (κ1) is 10.1. The molecule has 0 aromatic heterocycles. The Morgan fingerprint density at radius 1 is 1.54 bits per heavy atom. The molecule has 0 heterocycles. The van der Waals surface area contributed by atoms with Crippen molar-refractivity contribution in [1.29, 1.82) is 0 Å². The van der Waals surface area contributed by atoms with Crippen molar-refractivity contribution in [2.75, 3.05) is 12.0 Å². The van der Waals surface area contributed by atoms with Crippen molar-refractivity contribution < 1.29 is 9.90 Å². The van der Waals surface area contributed by atoms with E-state index in [9.17, 15) is 4.79 Å². The van der Waals surface area contributed by atoms with Crippen molar-refractivity contribution >= 4 is 17.5 Å². The molecule has 1 rings (SSSR count). The summed E-state index contributed by atoms with van der Waals surface area (Å²) >= 11 is 1.52. The predicted molar refractivity (Wildman–Crippen MR) is 55.2 cm³/mol. The molecule has 0 spiro atoms. The standard InChI is InChI=1S/C10H12O2S/c1-13-7-10(12)6-8-3-2-4-9(11)5-8/h2-5,11H,6-7H2,1H3. The maximum absolute atomic E-state index is 11.2. The second-order valence-corrected chi connectivity index (χ2v) is 3.68. The molecule has 13 heavy (non-hydrogen) atoms. The van der Waals surface area contributed by atoms with Crippen molar-refractivity contribution in [3.8, 4) is 5.75 Å². The number of phenolic OH excluding ortho intramolecular Hbond substituents is 1. The van der Waals surface area contributed by atoms with E-state index in [-0.39, 0.29) is 11.5 Å². The monoisotopic (exact) mass is 196 g/mol. The Bertz CT molecular complexity index is 297. The van der Waals surface area contributed by atoms with Gasteiger partial charge in [0.15, 0.2) is 0 Å². The lowest BCUT2D eigenvalue weighted by molar-refractivity contribution is -0.115. The first-order valence-electron chi connectivity index (χ1n) is 4.01. The number of hydrogen-bond donors (Lipinski definition) is 1. The second kappa shape index (κ2) is 4.92. The predicted octanol–water partition coefficient (Wildman–Crippen LogP) is 1.87. The van der Waals surface area contributed by atoms with Gasteiger partial charge in [-0.3, -0.25) is 4.79 Å². The molecule has 3 heteroatoms. The minimum Gasteiger partial charge on any atom is -0.508 e. The number of carbonyl (C=O) groups excluding carboxylic acids is 1. The van der Waals surface area contributed by atoms with Crippen LogP contribution in [0.2, 0.25) is 0 Å². The summed E-state index contributed by atoms with van der Waals surface area (Å²) in [5, 5.41) is 9.14. The lowest BCUT2D eigenvalue weighted by atomic mass is 10.1. The van der Waals surface area contributed by atoms with E-state index in [1.165, 1.54) is 11.8 Å². The van der Waals surface area contributed by atoms with Gasteiger partial charge in [-0.2, -0.15) is 11.8 Å². The van der Waals surface area contributed by atoms with Crippen LogP contribution in [-0.2, 0) is 11.2 Å². The molecular formula is C10H12O2S. The Labute approximate surface area is 82.0 Å². The molecule has 1 aromatic rings. The summed E-state index contributed by atoms with van der Waals surface area (Å²) in [5.74, 6) is 0.947. The van der Waals surface area contributed by atoms with E-state index in [1.54, 1.807) is 18.2 Å². The first-order valence-corrected chi connectivity index (χ1v) is 5.40. The van der Waals surface area contributed by atoms with Crippen molar-refractivity contribution in [2.24, 2.45) is 0 Å². The highest BCUT2D eigenvalue weighted by Gasteiger charge is 2.02. The normalized spacial score (nSPS) is 9.92. The number of rotatable bonds is 4. The highest BCUT2D eigenvalue weighted by Crippen LogP contribution is 2.12. The van der Waals surface area contributed by atoms with Crippen LogP contribution in [0.15, 0.2) is 24.3 Å². The van der Waals surface area contributed by atoms with Gasteiger partial charge in [-0.1, -0.05) is 12.1 Å².